The van der Waals surface area contributed by atoms with E-state index in [2.05, 4.69) is 0 Å². The summed E-state index contributed by atoms with van der Waals surface area (Å²) in [6, 6.07) is 0. The minimum absolute atomic E-state index is 0.530. The summed E-state index contributed by atoms with van der Waals surface area (Å²) in [7, 11) is 0. The molecule has 0 fully saturated rings. The molecule has 0 aliphatic rings. The summed E-state index contributed by atoms with van der Waals surface area (Å²) >= 11 is 0. The Labute approximate surface area is 69.2 Å². The largest absolute Gasteiger partial charge is 0.347 e. The van der Waals surface area contributed by atoms with Gasteiger partial charge < -0.3 is 9.47 Å². The molecule has 0 amide bonds. The number of hydrogen-bond donors (Lipinski definition) is 0. The second-order valence-electron chi connectivity index (χ2n) is 2.38. The quantitative estimate of drug-likeness (QED) is 0.451. The van der Waals surface area contributed by atoms with E-state index in [4.69, 9.17) is 9.47 Å². The van der Waals surface area contributed by atoms with Gasteiger partial charge >= 0.3 is 0 Å². The van der Waals surface area contributed by atoms with Gasteiger partial charge in [-0.3, -0.25) is 0 Å². The molecule has 0 radical (unpaired) electrons. The van der Waals surface area contributed by atoms with Crippen molar-refractivity contribution in [2.24, 2.45) is 0 Å². The van der Waals surface area contributed by atoms with E-state index in [0.29, 0.717) is 13.2 Å². The third kappa shape index (κ3) is 4.17. The SMILES string of the molecule is CC=CC(C)(OCC)OCC. The molecule has 2 heteroatoms. The molecule has 0 aliphatic heterocycles. The number of ether oxygens (including phenoxy) is 2. The Morgan fingerprint density at radius 2 is 1.64 bits per heavy atom. The maximum absolute atomic E-state index is 5.40. The molecule has 0 N–H and O–H groups in total. The Morgan fingerprint density at radius 3 is 1.91 bits per heavy atom. The Balaban J connectivity index is 4.01. The highest BCUT2D eigenvalue weighted by atomic mass is 16.7. The zero-order valence-electron chi connectivity index (χ0n) is 7.89. The molecule has 0 atom stereocenters. The van der Waals surface area contributed by atoms with Crippen LogP contribution in [0.1, 0.15) is 27.7 Å². The third-order valence-electron chi connectivity index (χ3n) is 1.33. The Kier molecular flexibility index (Phi) is 5.16. The Morgan fingerprint density at radius 1 is 1.18 bits per heavy atom. The lowest BCUT2D eigenvalue weighted by Crippen LogP contribution is -2.29. The standard InChI is InChI=1S/C9H18O2/c1-5-8-9(4,10-6-2)11-7-3/h5,8H,6-7H2,1-4H3. The minimum Gasteiger partial charge on any atom is -0.347 e. The minimum atomic E-state index is -0.530. The lowest BCUT2D eigenvalue weighted by atomic mass is 10.3. The van der Waals surface area contributed by atoms with Crippen LogP contribution in [0.3, 0.4) is 0 Å². The van der Waals surface area contributed by atoms with Crippen molar-refractivity contribution in [3.8, 4) is 0 Å². The van der Waals surface area contributed by atoms with Crippen molar-refractivity contribution < 1.29 is 9.47 Å². The fraction of sp³-hybridized carbons (Fsp3) is 0.778. The molecule has 0 saturated carbocycles. The molecular weight excluding hydrogens is 140 g/mol. The average Bonchev–Trinajstić information content (AvgIpc) is 1.88. The predicted molar refractivity (Wildman–Crippen MR) is 46.5 cm³/mol. The fourth-order valence-electron chi connectivity index (χ4n) is 1.01. The summed E-state index contributed by atoms with van der Waals surface area (Å²) in [6.45, 7) is 9.12. The van der Waals surface area contributed by atoms with Crippen molar-refractivity contribution in [3.63, 3.8) is 0 Å². The van der Waals surface area contributed by atoms with Crippen LogP contribution < -0.4 is 0 Å². The van der Waals surface area contributed by atoms with Crippen LogP contribution >= 0.6 is 0 Å². The molecule has 0 aromatic rings. The number of rotatable bonds is 5. The molecular formula is C9H18O2. The van der Waals surface area contributed by atoms with Gasteiger partial charge in [0.1, 0.15) is 0 Å². The van der Waals surface area contributed by atoms with Gasteiger partial charge in [0, 0.05) is 13.2 Å². The Bertz CT molecular complexity index is 113. The second-order valence-corrected chi connectivity index (χ2v) is 2.38. The van der Waals surface area contributed by atoms with Gasteiger partial charge in [0.2, 0.25) is 0 Å². The highest BCUT2D eigenvalue weighted by molar-refractivity contribution is 4.91. The van der Waals surface area contributed by atoms with E-state index in [0.717, 1.165) is 0 Å². The van der Waals surface area contributed by atoms with Crippen LogP contribution in [0.4, 0.5) is 0 Å². The summed E-state index contributed by atoms with van der Waals surface area (Å²) in [6.07, 6.45) is 3.85. The number of allylic oxidation sites excluding steroid dienone is 1. The molecule has 0 heterocycles. The van der Waals surface area contributed by atoms with E-state index in [1.54, 1.807) is 0 Å². The first-order valence-electron chi connectivity index (χ1n) is 4.10. The van der Waals surface area contributed by atoms with Crippen LogP contribution in [0.5, 0.6) is 0 Å². The third-order valence-corrected chi connectivity index (χ3v) is 1.33. The first-order valence-corrected chi connectivity index (χ1v) is 4.10. The van der Waals surface area contributed by atoms with E-state index < -0.39 is 5.79 Å². The zero-order valence-corrected chi connectivity index (χ0v) is 7.89. The van der Waals surface area contributed by atoms with Crippen molar-refractivity contribution in [3.05, 3.63) is 12.2 Å². The second kappa shape index (κ2) is 5.33. The number of hydrogen-bond acceptors (Lipinski definition) is 2. The fourth-order valence-corrected chi connectivity index (χ4v) is 1.01. The highest BCUT2D eigenvalue weighted by Gasteiger charge is 2.19. The summed E-state index contributed by atoms with van der Waals surface area (Å²) in [4.78, 5) is 0. The molecule has 2 nitrogen and oxygen atoms in total. The lowest BCUT2D eigenvalue weighted by Gasteiger charge is -2.25. The summed E-state index contributed by atoms with van der Waals surface area (Å²) in [5.74, 6) is -0.530. The summed E-state index contributed by atoms with van der Waals surface area (Å²) in [5, 5.41) is 0. The van der Waals surface area contributed by atoms with Crippen molar-refractivity contribution in [2.45, 2.75) is 33.5 Å². The van der Waals surface area contributed by atoms with Gasteiger partial charge in [-0.25, -0.2) is 0 Å². The monoisotopic (exact) mass is 158 g/mol. The van der Waals surface area contributed by atoms with E-state index in [1.165, 1.54) is 0 Å². The smallest absolute Gasteiger partial charge is 0.184 e. The van der Waals surface area contributed by atoms with Crippen LogP contribution in [0, 0.1) is 0 Å². The molecule has 0 bridgehead atoms. The maximum Gasteiger partial charge on any atom is 0.184 e. The first-order chi connectivity index (χ1) is 5.18. The van der Waals surface area contributed by atoms with Crippen molar-refractivity contribution >= 4 is 0 Å². The van der Waals surface area contributed by atoms with Crippen LogP contribution in [0.25, 0.3) is 0 Å². The molecule has 0 rings (SSSR count). The van der Waals surface area contributed by atoms with Crippen molar-refractivity contribution in [2.75, 3.05) is 13.2 Å². The van der Waals surface area contributed by atoms with Gasteiger partial charge in [-0.1, -0.05) is 6.08 Å². The van der Waals surface area contributed by atoms with Gasteiger partial charge in [-0.2, -0.15) is 0 Å². The van der Waals surface area contributed by atoms with Crippen molar-refractivity contribution in [1.82, 2.24) is 0 Å². The van der Waals surface area contributed by atoms with E-state index in [1.807, 2.05) is 39.8 Å². The Hall–Kier alpha value is -0.340. The normalized spacial score (nSPS) is 12.7. The molecule has 0 aromatic heterocycles. The maximum atomic E-state index is 5.40. The van der Waals surface area contributed by atoms with Crippen molar-refractivity contribution in [1.29, 1.82) is 0 Å². The van der Waals surface area contributed by atoms with Crippen LogP contribution in [0.2, 0.25) is 0 Å². The highest BCUT2D eigenvalue weighted by Crippen LogP contribution is 2.13. The molecule has 0 saturated heterocycles. The molecule has 0 aliphatic carbocycles. The van der Waals surface area contributed by atoms with Gasteiger partial charge in [0.05, 0.1) is 0 Å². The van der Waals surface area contributed by atoms with Gasteiger partial charge in [-0.15, -0.1) is 0 Å². The molecule has 0 spiro atoms. The van der Waals surface area contributed by atoms with Gasteiger partial charge in [-0.05, 0) is 33.8 Å². The summed E-state index contributed by atoms with van der Waals surface area (Å²) < 4.78 is 10.8. The molecule has 0 aromatic carbocycles. The van der Waals surface area contributed by atoms with Gasteiger partial charge in [0.25, 0.3) is 0 Å². The van der Waals surface area contributed by atoms with Crippen LogP contribution in [-0.4, -0.2) is 19.0 Å². The van der Waals surface area contributed by atoms with E-state index in [-0.39, 0.29) is 0 Å². The average molecular weight is 158 g/mol. The first kappa shape index (κ1) is 10.7. The van der Waals surface area contributed by atoms with Crippen LogP contribution in [-0.2, 0) is 9.47 Å². The zero-order chi connectivity index (χ0) is 8.74. The molecule has 66 valence electrons. The molecule has 11 heavy (non-hydrogen) atoms. The predicted octanol–water partition coefficient (Wildman–Crippen LogP) is 2.35. The van der Waals surface area contributed by atoms with E-state index in [9.17, 15) is 0 Å². The molecule has 0 unspecified atom stereocenters. The van der Waals surface area contributed by atoms with Crippen LogP contribution in [0.15, 0.2) is 12.2 Å². The lowest BCUT2D eigenvalue weighted by molar-refractivity contribution is -0.186. The van der Waals surface area contributed by atoms with Gasteiger partial charge in [0.15, 0.2) is 5.79 Å². The van der Waals surface area contributed by atoms with E-state index >= 15 is 0 Å². The topological polar surface area (TPSA) is 18.5 Å². The summed E-state index contributed by atoms with van der Waals surface area (Å²) in [5.41, 5.74) is 0.